The summed E-state index contributed by atoms with van der Waals surface area (Å²) in [6.07, 6.45) is 10.9. The summed E-state index contributed by atoms with van der Waals surface area (Å²) in [6, 6.07) is 2.65. The Morgan fingerprint density at radius 2 is 0.692 bits per heavy atom. The van der Waals surface area contributed by atoms with Crippen molar-refractivity contribution < 1.29 is 41.9 Å². The van der Waals surface area contributed by atoms with Crippen molar-refractivity contribution in [3.63, 3.8) is 0 Å². The Bertz CT molecular complexity index is 311. The molecule has 4 atom stereocenters. The molecule has 2 aliphatic carbocycles. The minimum Gasteiger partial charge on any atom is -1.00 e. The molecular weight excluding hydrogens is 412 g/mol. The molecule has 26 heavy (non-hydrogen) atoms. The second kappa shape index (κ2) is 15.8. The fourth-order valence-electron chi connectivity index (χ4n) is 4.57. The number of halogens is 2. The van der Waals surface area contributed by atoms with Crippen molar-refractivity contribution in [3.8, 4) is 0 Å². The van der Waals surface area contributed by atoms with E-state index in [4.69, 9.17) is 0 Å². The summed E-state index contributed by atoms with van der Waals surface area (Å²) in [5.41, 5.74) is 0. The van der Waals surface area contributed by atoms with E-state index >= 15 is 0 Å². The Labute approximate surface area is 183 Å². The van der Waals surface area contributed by atoms with Crippen LogP contribution in [0.4, 0.5) is 0 Å². The largest absolute Gasteiger partial charge is 2.00 e. The predicted molar refractivity (Wildman–Crippen MR) is 97.0 cm³/mol. The van der Waals surface area contributed by atoms with Crippen molar-refractivity contribution >= 4 is 0 Å². The molecule has 4 unspecified atom stereocenters. The Hall–Kier alpha value is 0.899. The first-order valence-electron chi connectivity index (χ1n) is 10.1. The van der Waals surface area contributed by atoms with Gasteiger partial charge < -0.3 is 51.4 Å². The zero-order valence-corrected chi connectivity index (χ0v) is 18.5. The van der Waals surface area contributed by atoms with Gasteiger partial charge in [0.1, 0.15) is 0 Å². The van der Waals surface area contributed by atoms with Crippen LogP contribution in [0.25, 0.3) is 0 Å². The topological polar surface area (TPSA) is 60.1 Å². The maximum atomic E-state index is 3.82. The van der Waals surface area contributed by atoms with Gasteiger partial charge in [0.25, 0.3) is 0 Å². The van der Waals surface area contributed by atoms with Crippen LogP contribution in [0.2, 0.25) is 0 Å². The van der Waals surface area contributed by atoms with Crippen molar-refractivity contribution in [2.75, 3.05) is 39.3 Å². The van der Waals surface area contributed by atoms with E-state index in [0.29, 0.717) is 24.2 Å². The van der Waals surface area contributed by atoms with E-state index in [0.717, 1.165) is 39.3 Å². The van der Waals surface area contributed by atoms with Crippen LogP contribution in [0.15, 0.2) is 0 Å². The van der Waals surface area contributed by atoms with E-state index in [9.17, 15) is 0 Å². The molecule has 3 rings (SSSR count). The normalized spacial score (nSPS) is 34.2. The van der Waals surface area contributed by atoms with E-state index in [1.807, 2.05) is 0 Å². The summed E-state index contributed by atoms with van der Waals surface area (Å²) in [5.74, 6) is 0. The molecule has 1 heterocycles. The van der Waals surface area contributed by atoms with Crippen molar-refractivity contribution in [3.05, 3.63) is 0 Å². The van der Waals surface area contributed by atoms with Gasteiger partial charge in [-0.05, 0) is 25.7 Å². The first kappa shape index (κ1) is 26.9. The zero-order chi connectivity index (χ0) is 15.7. The molecule has 0 bridgehead atoms. The van der Waals surface area contributed by atoms with E-state index in [1.54, 1.807) is 0 Å². The summed E-state index contributed by atoms with van der Waals surface area (Å²) < 4.78 is 0. The van der Waals surface area contributed by atoms with Crippen molar-refractivity contribution in [1.82, 2.24) is 26.6 Å². The van der Waals surface area contributed by atoms with Gasteiger partial charge in [-0.25, -0.2) is 0 Å². The third kappa shape index (κ3) is 8.93. The van der Waals surface area contributed by atoms with Gasteiger partial charge in [-0.3, -0.25) is 0 Å². The maximum Gasteiger partial charge on any atom is 2.00 e. The minimum atomic E-state index is 0. The molecule has 8 heteroatoms. The van der Waals surface area contributed by atoms with E-state index < -0.39 is 0 Å². The number of nitrogens with one attached hydrogen (secondary N) is 5. The Morgan fingerprint density at radius 3 is 1.00 bits per heavy atom. The standard InChI is InChI=1S/C18H37N5.2ClH.Mn/c1-3-7-17-15(5-1)20-11-9-19-10-12-21-16-6-2-4-8-18(16)23-14-13-22-17;;;/h15-23H,1-14H2;2*1H;/q;;;+2/p-2. The van der Waals surface area contributed by atoms with E-state index in [2.05, 4.69) is 26.6 Å². The second-order valence-electron chi connectivity index (χ2n) is 7.56. The molecule has 3 fully saturated rings. The molecule has 1 saturated heterocycles. The molecule has 0 aromatic carbocycles. The maximum absolute atomic E-state index is 3.82. The van der Waals surface area contributed by atoms with Gasteiger partial charge in [0.05, 0.1) is 0 Å². The molecule has 5 N–H and O–H groups in total. The Morgan fingerprint density at radius 1 is 0.423 bits per heavy atom. The molecule has 3 aliphatic rings. The SMILES string of the molecule is C1CCC2NCCNC3CCCCC3NCCNCCNC2C1.[Cl-].[Cl-].[Mn+2]. The molecule has 0 amide bonds. The quantitative estimate of drug-likeness (QED) is 0.239. The summed E-state index contributed by atoms with van der Waals surface area (Å²) in [4.78, 5) is 0. The summed E-state index contributed by atoms with van der Waals surface area (Å²) in [5, 5.41) is 18.8. The number of hydrogen-bond acceptors (Lipinski definition) is 5. The fraction of sp³-hybridized carbons (Fsp3) is 1.00. The molecular formula is C18H37Cl2MnN5. The third-order valence-corrected chi connectivity index (χ3v) is 5.89. The van der Waals surface area contributed by atoms with Crippen LogP contribution in [-0.2, 0) is 17.1 Å². The summed E-state index contributed by atoms with van der Waals surface area (Å²) in [7, 11) is 0. The second-order valence-corrected chi connectivity index (χ2v) is 7.56. The van der Waals surface area contributed by atoms with Gasteiger partial charge in [0, 0.05) is 63.4 Å². The monoisotopic (exact) mass is 448 g/mol. The molecule has 0 aromatic rings. The van der Waals surface area contributed by atoms with Gasteiger partial charge in [-0.2, -0.15) is 0 Å². The first-order valence-corrected chi connectivity index (χ1v) is 10.1. The molecule has 155 valence electrons. The van der Waals surface area contributed by atoms with Crippen LogP contribution < -0.4 is 51.4 Å². The van der Waals surface area contributed by atoms with Crippen LogP contribution in [0, 0.1) is 0 Å². The molecule has 2 saturated carbocycles. The fourth-order valence-corrected chi connectivity index (χ4v) is 4.57. The van der Waals surface area contributed by atoms with Gasteiger partial charge in [0.2, 0.25) is 0 Å². The van der Waals surface area contributed by atoms with Gasteiger partial charge in [0.15, 0.2) is 0 Å². The minimum absolute atomic E-state index is 0. The first-order chi connectivity index (χ1) is 11.4. The molecule has 5 nitrogen and oxygen atoms in total. The molecule has 0 aromatic heterocycles. The zero-order valence-electron chi connectivity index (χ0n) is 15.8. The number of rotatable bonds is 0. The van der Waals surface area contributed by atoms with Crippen LogP contribution >= 0.6 is 0 Å². The van der Waals surface area contributed by atoms with E-state index in [-0.39, 0.29) is 41.9 Å². The van der Waals surface area contributed by atoms with Crippen LogP contribution in [0.3, 0.4) is 0 Å². The summed E-state index contributed by atoms with van der Waals surface area (Å²) >= 11 is 0. The van der Waals surface area contributed by atoms with Crippen molar-refractivity contribution in [2.24, 2.45) is 0 Å². The molecule has 1 radical (unpaired) electrons. The summed E-state index contributed by atoms with van der Waals surface area (Å²) in [6.45, 7) is 6.55. The van der Waals surface area contributed by atoms with Crippen LogP contribution in [0.1, 0.15) is 51.4 Å². The van der Waals surface area contributed by atoms with Crippen molar-refractivity contribution in [1.29, 1.82) is 0 Å². The average molecular weight is 449 g/mol. The molecule has 0 spiro atoms. The molecule has 1 aliphatic heterocycles. The average Bonchev–Trinajstić information content (AvgIpc) is 2.60. The Kier molecular flexibility index (Phi) is 16.3. The van der Waals surface area contributed by atoms with Crippen molar-refractivity contribution in [2.45, 2.75) is 75.5 Å². The number of hydrogen-bond donors (Lipinski definition) is 5. The smallest absolute Gasteiger partial charge is 1.00 e. The van der Waals surface area contributed by atoms with Crippen LogP contribution in [0.5, 0.6) is 0 Å². The third-order valence-electron chi connectivity index (χ3n) is 5.89. The van der Waals surface area contributed by atoms with Gasteiger partial charge >= 0.3 is 17.1 Å². The number of fused-ring (bicyclic) bond motifs is 2. The Balaban J connectivity index is 0.00000208. The predicted octanol–water partition coefficient (Wildman–Crippen LogP) is -5.42. The van der Waals surface area contributed by atoms with Gasteiger partial charge in [-0.15, -0.1) is 0 Å². The van der Waals surface area contributed by atoms with E-state index in [1.165, 1.54) is 51.4 Å². The van der Waals surface area contributed by atoms with Gasteiger partial charge in [-0.1, -0.05) is 25.7 Å². The van der Waals surface area contributed by atoms with Crippen LogP contribution in [-0.4, -0.2) is 63.4 Å².